The maximum absolute atomic E-state index is 11.7. The van der Waals surface area contributed by atoms with Gasteiger partial charge in [0.25, 0.3) is 0 Å². The van der Waals surface area contributed by atoms with Crippen LogP contribution in [-0.2, 0) is 14.4 Å². The van der Waals surface area contributed by atoms with Gasteiger partial charge >= 0.3 is 5.97 Å². The average Bonchev–Trinajstić information content (AvgIpc) is 2.56. The molecule has 140 valence electrons. The molecule has 0 aromatic heterocycles. The van der Waals surface area contributed by atoms with E-state index in [1.165, 1.54) is 51.4 Å². The van der Waals surface area contributed by atoms with Crippen LogP contribution in [0.5, 0.6) is 0 Å². The molecule has 0 bridgehead atoms. The van der Waals surface area contributed by atoms with Gasteiger partial charge in [-0.15, -0.1) is 0 Å². The van der Waals surface area contributed by atoms with Crippen LogP contribution < -0.4 is 5.32 Å². The van der Waals surface area contributed by atoms with E-state index in [1.54, 1.807) is 0 Å². The largest absolute Gasteiger partial charge is 0.480 e. The summed E-state index contributed by atoms with van der Waals surface area (Å²) in [6, 6.07) is -0.949. The van der Waals surface area contributed by atoms with E-state index in [9.17, 15) is 14.4 Å². The quantitative estimate of drug-likeness (QED) is 0.306. The Balaban J connectivity index is 3.51. The van der Waals surface area contributed by atoms with Crippen molar-refractivity contribution in [2.24, 2.45) is 0 Å². The van der Waals surface area contributed by atoms with Crippen LogP contribution in [0.4, 0.5) is 0 Å². The average molecular weight is 341 g/mol. The number of rotatable bonds is 17. The molecule has 24 heavy (non-hydrogen) atoms. The van der Waals surface area contributed by atoms with Crippen molar-refractivity contribution in [1.82, 2.24) is 5.32 Å². The van der Waals surface area contributed by atoms with Crippen LogP contribution in [-0.4, -0.2) is 29.3 Å². The van der Waals surface area contributed by atoms with Crippen LogP contribution >= 0.6 is 0 Å². The first-order valence-electron chi connectivity index (χ1n) is 9.57. The number of hydrogen-bond donors (Lipinski definition) is 2. The Hall–Kier alpha value is -1.39. The van der Waals surface area contributed by atoms with Gasteiger partial charge in [-0.3, -0.25) is 4.79 Å². The lowest BCUT2D eigenvalue weighted by molar-refractivity contribution is -0.142. The molecule has 0 saturated heterocycles. The van der Waals surface area contributed by atoms with Gasteiger partial charge in [0.05, 0.1) is 0 Å². The van der Waals surface area contributed by atoms with Crippen LogP contribution in [0.15, 0.2) is 0 Å². The van der Waals surface area contributed by atoms with Gasteiger partial charge in [-0.05, 0) is 12.8 Å². The number of carbonyl (C=O) groups excluding carboxylic acids is 2. The Morgan fingerprint density at radius 3 is 1.88 bits per heavy atom. The SMILES string of the molecule is CCCCCCCCCCCCCC(=O)NC(CCC=O)C(=O)O. The zero-order chi connectivity index (χ0) is 18.0. The molecule has 0 fully saturated rings. The van der Waals surface area contributed by atoms with Crippen molar-refractivity contribution in [3.63, 3.8) is 0 Å². The molecule has 2 N–H and O–H groups in total. The van der Waals surface area contributed by atoms with E-state index in [2.05, 4.69) is 12.2 Å². The lowest BCUT2D eigenvalue weighted by Crippen LogP contribution is -2.40. The highest BCUT2D eigenvalue weighted by Crippen LogP contribution is 2.12. The smallest absolute Gasteiger partial charge is 0.326 e. The summed E-state index contributed by atoms with van der Waals surface area (Å²) in [6.45, 7) is 2.23. The lowest BCUT2D eigenvalue weighted by atomic mass is 10.1. The first-order valence-corrected chi connectivity index (χ1v) is 9.57. The molecule has 1 unspecified atom stereocenters. The van der Waals surface area contributed by atoms with Gasteiger partial charge < -0.3 is 15.2 Å². The van der Waals surface area contributed by atoms with Crippen molar-refractivity contribution < 1.29 is 19.5 Å². The molecule has 1 amide bonds. The molecule has 0 radical (unpaired) electrons. The number of aldehydes is 1. The van der Waals surface area contributed by atoms with Crippen LogP contribution in [0.3, 0.4) is 0 Å². The third-order valence-electron chi connectivity index (χ3n) is 4.21. The first-order chi connectivity index (χ1) is 11.6. The number of carboxylic acids is 1. The van der Waals surface area contributed by atoms with Gasteiger partial charge in [0.15, 0.2) is 0 Å². The summed E-state index contributed by atoms with van der Waals surface area (Å²) in [5, 5.41) is 11.5. The zero-order valence-electron chi connectivity index (χ0n) is 15.2. The minimum absolute atomic E-state index is 0.149. The molecule has 0 aromatic carbocycles. The van der Waals surface area contributed by atoms with Gasteiger partial charge in [-0.1, -0.05) is 71.1 Å². The van der Waals surface area contributed by atoms with Gasteiger partial charge in [-0.2, -0.15) is 0 Å². The molecule has 0 saturated carbocycles. The van der Waals surface area contributed by atoms with Crippen molar-refractivity contribution in [3.05, 3.63) is 0 Å². The van der Waals surface area contributed by atoms with E-state index in [0.29, 0.717) is 12.7 Å². The Morgan fingerprint density at radius 1 is 0.917 bits per heavy atom. The summed E-state index contributed by atoms with van der Waals surface area (Å²) in [7, 11) is 0. The number of amides is 1. The zero-order valence-corrected chi connectivity index (χ0v) is 15.2. The monoisotopic (exact) mass is 341 g/mol. The second-order valence-electron chi connectivity index (χ2n) is 6.49. The standard InChI is InChI=1S/C19H35NO4/c1-2-3-4-5-6-7-8-9-10-11-12-15-18(22)20-17(19(23)24)14-13-16-21/h16-17H,2-15H2,1H3,(H,20,22)(H,23,24). The summed E-state index contributed by atoms with van der Waals surface area (Å²) in [4.78, 5) is 33.0. The fraction of sp³-hybridized carbons (Fsp3) is 0.842. The van der Waals surface area contributed by atoms with E-state index >= 15 is 0 Å². The molecular weight excluding hydrogens is 306 g/mol. The highest BCUT2D eigenvalue weighted by molar-refractivity contribution is 5.83. The molecular formula is C19H35NO4. The summed E-state index contributed by atoms with van der Waals surface area (Å²) >= 11 is 0. The number of nitrogens with one attached hydrogen (secondary N) is 1. The fourth-order valence-corrected chi connectivity index (χ4v) is 2.71. The van der Waals surface area contributed by atoms with E-state index in [0.717, 1.165) is 19.3 Å². The topological polar surface area (TPSA) is 83.5 Å². The number of carbonyl (C=O) groups is 3. The molecule has 0 aliphatic rings. The van der Waals surface area contributed by atoms with Crippen LogP contribution in [0.1, 0.15) is 96.8 Å². The van der Waals surface area contributed by atoms with Gasteiger partial charge in [0.2, 0.25) is 5.91 Å². The Morgan fingerprint density at radius 2 is 1.42 bits per heavy atom. The number of unbranched alkanes of at least 4 members (excludes halogenated alkanes) is 10. The van der Waals surface area contributed by atoms with Crippen LogP contribution in [0.25, 0.3) is 0 Å². The third-order valence-corrected chi connectivity index (χ3v) is 4.21. The van der Waals surface area contributed by atoms with E-state index in [1.807, 2.05) is 0 Å². The number of carboxylic acid groups (broad SMARTS) is 1. The molecule has 0 aliphatic heterocycles. The predicted molar refractivity (Wildman–Crippen MR) is 95.9 cm³/mol. The molecule has 0 spiro atoms. The van der Waals surface area contributed by atoms with Crippen molar-refractivity contribution >= 4 is 18.2 Å². The lowest BCUT2D eigenvalue weighted by Gasteiger charge is -2.13. The molecule has 5 heteroatoms. The normalized spacial score (nSPS) is 11.9. The molecule has 0 heterocycles. The molecule has 5 nitrogen and oxygen atoms in total. The van der Waals surface area contributed by atoms with Crippen molar-refractivity contribution in [3.8, 4) is 0 Å². The third kappa shape index (κ3) is 14.2. The van der Waals surface area contributed by atoms with Crippen molar-refractivity contribution in [2.75, 3.05) is 0 Å². The Kier molecular flexibility index (Phi) is 15.5. The second-order valence-corrected chi connectivity index (χ2v) is 6.49. The van der Waals surface area contributed by atoms with Crippen molar-refractivity contribution in [2.45, 2.75) is 103 Å². The summed E-state index contributed by atoms with van der Waals surface area (Å²) < 4.78 is 0. The van der Waals surface area contributed by atoms with E-state index in [4.69, 9.17) is 5.11 Å². The van der Waals surface area contributed by atoms with Crippen LogP contribution in [0.2, 0.25) is 0 Å². The summed E-state index contributed by atoms with van der Waals surface area (Å²) in [5.41, 5.74) is 0. The minimum Gasteiger partial charge on any atom is -0.480 e. The highest BCUT2D eigenvalue weighted by atomic mass is 16.4. The van der Waals surface area contributed by atoms with E-state index < -0.39 is 12.0 Å². The van der Waals surface area contributed by atoms with Gasteiger partial charge in [-0.25, -0.2) is 4.79 Å². The molecule has 0 aromatic rings. The van der Waals surface area contributed by atoms with E-state index in [-0.39, 0.29) is 18.7 Å². The van der Waals surface area contributed by atoms with Crippen molar-refractivity contribution in [1.29, 1.82) is 0 Å². The summed E-state index contributed by atoms with van der Waals surface area (Å²) in [6.07, 6.45) is 14.7. The summed E-state index contributed by atoms with van der Waals surface area (Å²) in [5.74, 6) is -1.31. The number of aliphatic carboxylic acids is 1. The van der Waals surface area contributed by atoms with Gasteiger partial charge in [0.1, 0.15) is 12.3 Å². The predicted octanol–water partition coefficient (Wildman–Crippen LogP) is 4.24. The maximum Gasteiger partial charge on any atom is 0.326 e. The highest BCUT2D eigenvalue weighted by Gasteiger charge is 2.18. The fourth-order valence-electron chi connectivity index (χ4n) is 2.71. The van der Waals surface area contributed by atoms with Gasteiger partial charge in [0, 0.05) is 12.8 Å². The van der Waals surface area contributed by atoms with Crippen LogP contribution in [0, 0.1) is 0 Å². The molecule has 1 atom stereocenters. The second kappa shape index (κ2) is 16.5. The maximum atomic E-state index is 11.7. The minimum atomic E-state index is -1.08. The molecule has 0 aliphatic carbocycles. The Bertz CT molecular complexity index is 344. The Labute approximate surface area is 146 Å². The first kappa shape index (κ1) is 22.6. The molecule has 0 rings (SSSR count). The number of hydrogen-bond acceptors (Lipinski definition) is 3.